The molecule has 1 aromatic heterocycles. The van der Waals surface area contributed by atoms with Gasteiger partial charge in [-0.3, -0.25) is 9.35 Å². The highest BCUT2D eigenvalue weighted by molar-refractivity contribution is 7.85. The Bertz CT molecular complexity index is 1790. The van der Waals surface area contributed by atoms with Gasteiger partial charge in [-0.15, -0.1) is 0 Å². The highest BCUT2D eigenvalue weighted by Crippen LogP contribution is 2.40. The molecule has 39 heavy (non-hydrogen) atoms. The molecule has 1 amide bonds. The number of rotatable bonds is 7. The molecule has 2 aliphatic heterocycles. The van der Waals surface area contributed by atoms with Gasteiger partial charge in [0.2, 0.25) is 11.6 Å². The molecule has 2 N–H and O–H groups in total. The molecule has 0 aliphatic carbocycles. The molecule has 2 aromatic carbocycles. The van der Waals surface area contributed by atoms with Gasteiger partial charge < -0.3 is 9.73 Å². The van der Waals surface area contributed by atoms with Crippen molar-refractivity contribution < 1.29 is 26.8 Å². The van der Waals surface area contributed by atoms with Crippen LogP contribution >= 0.6 is 0 Å². The second-order valence-corrected chi connectivity index (χ2v) is 11.9. The summed E-state index contributed by atoms with van der Waals surface area (Å²) in [6, 6.07) is 13.2. The molecule has 2 aliphatic rings. The van der Waals surface area contributed by atoms with Crippen molar-refractivity contribution in [1.29, 1.82) is 0 Å². The van der Waals surface area contributed by atoms with Crippen LogP contribution in [0.5, 0.6) is 0 Å². The Balaban J connectivity index is 1.52. The van der Waals surface area contributed by atoms with Crippen molar-refractivity contribution in [2.75, 3.05) is 17.6 Å². The molecule has 0 spiro atoms. The number of allylic oxidation sites excluding steroid dienone is 1. The van der Waals surface area contributed by atoms with Crippen molar-refractivity contribution in [3.05, 3.63) is 75.7 Å². The topological polar surface area (TPSA) is 117 Å². The van der Waals surface area contributed by atoms with Gasteiger partial charge in [0.05, 0.1) is 28.0 Å². The average molecular weight is 546 g/mol. The molecule has 0 bridgehead atoms. The van der Waals surface area contributed by atoms with Crippen LogP contribution in [0.2, 0.25) is 0 Å². The summed E-state index contributed by atoms with van der Waals surface area (Å²) in [5.41, 5.74) is 4.18. The van der Waals surface area contributed by atoms with Crippen LogP contribution in [-0.2, 0) is 20.3 Å². The number of carbonyl (C=O) groups excluding carboxylic acids is 1. The fraction of sp³-hybridized carbons (Fsp3) is 0.300. The fourth-order valence-corrected chi connectivity index (χ4v) is 5.73. The smallest absolute Gasteiger partial charge is 0.343 e. The summed E-state index contributed by atoms with van der Waals surface area (Å²) in [5.74, 6) is 5.60. The lowest BCUT2D eigenvalue weighted by atomic mass is 9.81. The van der Waals surface area contributed by atoms with Crippen LogP contribution in [0.15, 0.2) is 57.8 Å². The molecule has 0 radical (unpaired) electrons. The first-order chi connectivity index (χ1) is 18.5. The van der Waals surface area contributed by atoms with Crippen molar-refractivity contribution in [1.82, 2.24) is 0 Å². The summed E-state index contributed by atoms with van der Waals surface area (Å²) in [6.45, 7) is 4.76. The largest absolute Gasteiger partial charge is 0.422 e. The van der Waals surface area contributed by atoms with E-state index in [2.05, 4.69) is 41.6 Å². The lowest BCUT2D eigenvalue weighted by Crippen LogP contribution is -2.28. The number of benzene rings is 2. The van der Waals surface area contributed by atoms with Gasteiger partial charge in [0.15, 0.2) is 5.71 Å². The molecule has 0 saturated carbocycles. The molecule has 0 fully saturated rings. The van der Waals surface area contributed by atoms with Crippen molar-refractivity contribution in [2.45, 2.75) is 44.9 Å². The minimum absolute atomic E-state index is 0.113. The standard InChI is InChI=1S/C30H28N2O6S/c1-30(2)23-10-4-5-11-25(23)32(15-7-8-16-39(35,36)37)27(30)14-13-21-17-22-18-24-20(19-26(22)38-29(21)34)9-3-6-12-28(33)31-24/h4-5,10-11,13-14,17-19H,6-8,12,15-16H2,1-2H3,(H-,31,33,35,36,37)/p+1/b14-13+. The van der Waals surface area contributed by atoms with Crippen LogP contribution in [0.25, 0.3) is 17.0 Å². The molecule has 0 unspecified atom stereocenters. The normalized spacial score (nSPS) is 16.3. The number of fused-ring (bicyclic) bond motifs is 3. The maximum atomic E-state index is 12.9. The Morgan fingerprint density at radius 3 is 2.72 bits per heavy atom. The SMILES string of the molecule is CC1(C)C(/C=C/c2cc3cc4c(cc3oc2=O)C#CCCC(=O)N4)=[N+](CCCCS(=O)(=O)O)c2ccccc21. The number of nitrogens with one attached hydrogen (secondary N) is 1. The number of para-hydroxylation sites is 1. The van der Waals surface area contributed by atoms with Crippen molar-refractivity contribution in [3.8, 4) is 11.8 Å². The van der Waals surface area contributed by atoms with Crippen LogP contribution in [0.1, 0.15) is 56.2 Å². The third-order valence-electron chi connectivity index (χ3n) is 7.13. The number of anilines is 1. The molecule has 0 atom stereocenters. The van der Waals surface area contributed by atoms with E-state index in [4.69, 9.17) is 8.97 Å². The number of hydrogen-bond acceptors (Lipinski definition) is 5. The number of carbonyl (C=O) groups is 1. The highest BCUT2D eigenvalue weighted by Gasteiger charge is 2.43. The Labute approximate surface area is 226 Å². The van der Waals surface area contributed by atoms with E-state index in [1.165, 1.54) is 0 Å². The van der Waals surface area contributed by atoms with Crippen LogP contribution in [0.4, 0.5) is 11.4 Å². The van der Waals surface area contributed by atoms with E-state index in [1.54, 1.807) is 24.3 Å². The summed E-state index contributed by atoms with van der Waals surface area (Å²) >= 11 is 0. The van der Waals surface area contributed by atoms with Crippen LogP contribution in [-0.4, -0.2) is 41.5 Å². The Kier molecular flexibility index (Phi) is 7.02. The van der Waals surface area contributed by atoms with Crippen LogP contribution in [0.3, 0.4) is 0 Å². The van der Waals surface area contributed by atoms with Gasteiger partial charge in [0, 0.05) is 42.4 Å². The molecular formula is C30H29N2O6S+. The van der Waals surface area contributed by atoms with E-state index in [0.717, 1.165) is 17.0 Å². The molecule has 0 saturated heterocycles. The zero-order chi connectivity index (χ0) is 27.8. The summed E-state index contributed by atoms with van der Waals surface area (Å²) in [7, 11) is -4.01. The van der Waals surface area contributed by atoms with Gasteiger partial charge in [-0.25, -0.2) is 4.79 Å². The molecule has 9 heteroatoms. The van der Waals surface area contributed by atoms with E-state index >= 15 is 0 Å². The van der Waals surface area contributed by atoms with Crippen molar-refractivity contribution >= 4 is 50.2 Å². The third-order valence-corrected chi connectivity index (χ3v) is 7.93. The molecular weight excluding hydrogens is 516 g/mol. The van der Waals surface area contributed by atoms with Gasteiger partial charge in [0.25, 0.3) is 10.1 Å². The second kappa shape index (κ2) is 10.3. The molecule has 8 nitrogen and oxygen atoms in total. The molecule has 3 heterocycles. The predicted molar refractivity (Wildman–Crippen MR) is 151 cm³/mol. The summed E-state index contributed by atoms with van der Waals surface area (Å²) < 4.78 is 39.2. The number of hydrogen-bond donors (Lipinski definition) is 2. The molecule has 200 valence electrons. The number of unbranched alkanes of at least 4 members (excludes halogenated alkanes) is 1. The first-order valence-corrected chi connectivity index (χ1v) is 14.4. The maximum Gasteiger partial charge on any atom is 0.343 e. The van der Waals surface area contributed by atoms with Gasteiger partial charge in [-0.1, -0.05) is 30.0 Å². The minimum Gasteiger partial charge on any atom is -0.422 e. The first-order valence-electron chi connectivity index (χ1n) is 12.8. The van der Waals surface area contributed by atoms with E-state index in [1.807, 2.05) is 24.3 Å². The van der Waals surface area contributed by atoms with Crippen molar-refractivity contribution in [3.63, 3.8) is 0 Å². The summed E-state index contributed by atoms with van der Waals surface area (Å²) in [5, 5.41) is 3.55. The zero-order valence-electron chi connectivity index (χ0n) is 21.8. The zero-order valence-corrected chi connectivity index (χ0v) is 22.6. The van der Waals surface area contributed by atoms with E-state index in [9.17, 15) is 18.0 Å². The summed E-state index contributed by atoms with van der Waals surface area (Å²) in [4.78, 5) is 25.0. The molecule has 5 rings (SSSR count). The molecule has 3 aromatic rings. The van der Waals surface area contributed by atoms with Gasteiger partial charge in [-0.05, 0) is 44.5 Å². The predicted octanol–water partition coefficient (Wildman–Crippen LogP) is 4.63. The van der Waals surface area contributed by atoms with Crippen LogP contribution in [0, 0.1) is 11.8 Å². The fourth-order valence-electron chi connectivity index (χ4n) is 5.16. The Morgan fingerprint density at radius 2 is 1.92 bits per heavy atom. The van der Waals surface area contributed by atoms with Crippen LogP contribution < -0.4 is 10.9 Å². The maximum absolute atomic E-state index is 12.9. The quantitative estimate of drug-likeness (QED) is 0.147. The van der Waals surface area contributed by atoms with Gasteiger partial charge >= 0.3 is 5.63 Å². The number of nitrogens with zero attached hydrogens (tertiary/aromatic N) is 1. The lowest BCUT2D eigenvalue weighted by molar-refractivity contribution is -0.438. The summed E-state index contributed by atoms with van der Waals surface area (Å²) in [6.07, 6.45) is 5.31. The Hall–Kier alpha value is -4.00. The highest BCUT2D eigenvalue weighted by atomic mass is 32.2. The Morgan fingerprint density at radius 1 is 1.13 bits per heavy atom. The van der Waals surface area contributed by atoms with Crippen molar-refractivity contribution in [2.24, 2.45) is 0 Å². The van der Waals surface area contributed by atoms with E-state index in [-0.39, 0.29) is 17.1 Å². The van der Waals surface area contributed by atoms with Gasteiger partial charge in [0.1, 0.15) is 12.1 Å². The monoisotopic (exact) mass is 545 g/mol. The second-order valence-electron chi connectivity index (χ2n) is 10.3. The average Bonchev–Trinajstić information content (AvgIpc) is 3.08. The minimum atomic E-state index is -4.01. The first kappa shape index (κ1) is 26.6. The third kappa shape index (κ3) is 5.58. The van der Waals surface area contributed by atoms with Gasteiger partial charge in [-0.2, -0.15) is 13.0 Å². The van der Waals surface area contributed by atoms with E-state index in [0.29, 0.717) is 60.0 Å². The number of amides is 1. The lowest BCUT2D eigenvalue weighted by Gasteiger charge is -2.15. The van der Waals surface area contributed by atoms with E-state index < -0.39 is 15.7 Å².